The summed E-state index contributed by atoms with van der Waals surface area (Å²) in [7, 11) is 0. The first-order valence-electron chi connectivity index (χ1n) is 4.77. The van der Waals surface area contributed by atoms with E-state index in [9.17, 15) is 0 Å². The monoisotopic (exact) mass is 183 g/mol. The van der Waals surface area contributed by atoms with Crippen molar-refractivity contribution in [3.05, 3.63) is 11.6 Å². The fourth-order valence-corrected chi connectivity index (χ4v) is 1.14. The van der Waals surface area contributed by atoms with Gasteiger partial charge in [-0.2, -0.15) is 0 Å². The normalized spacial score (nSPS) is 12.0. The van der Waals surface area contributed by atoms with E-state index in [4.69, 9.17) is 5.21 Å². The molecule has 0 aliphatic heterocycles. The van der Waals surface area contributed by atoms with E-state index in [1.807, 2.05) is 0 Å². The van der Waals surface area contributed by atoms with E-state index in [2.05, 4.69) is 38.9 Å². The molecule has 0 radical (unpaired) electrons. The summed E-state index contributed by atoms with van der Waals surface area (Å²) in [6.07, 6.45) is 6.89. The van der Waals surface area contributed by atoms with Gasteiger partial charge in [0.15, 0.2) is 0 Å². The topological polar surface area (TPSA) is 32.6 Å². The third kappa shape index (κ3) is 7.57. The second-order valence-corrected chi connectivity index (χ2v) is 4.49. The van der Waals surface area contributed by atoms with Crippen LogP contribution >= 0.6 is 0 Å². The van der Waals surface area contributed by atoms with E-state index in [1.54, 1.807) is 6.21 Å². The third-order valence-corrected chi connectivity index (χ3v) is 2.10. The molecule has 0 rings (SSSR count). The number of hydrogen-bond acceptors (Lipinski definition) is 2. The Balaban J connectivity index is 3.81. The van der Waals surface area contributed by atoms with Crippen molar-refractivity contribution in [2.45, 2.75) is 47.0 Å². The lowest BCUT2D eigenvalue weighted by Gasteiger charge is -2.21. The van der Waals surface area contributed by atoms with Crippen LogP contribution in [0.25, 0.3) is 0 Å². The zero-order valence-corrected chi connectivity index (χ0v) is 9.17. The highest BCUT2D eigenvalue weighted by molar-refractivity contribution is 5.57. The number of nitrogens with zero attached hydrogens (tertiary/aromatic N) is 1. The maximum absolute atomic E-state index is 8.30. The zero-order valence-electron chi connectivity index (χ0n) is 9.17. The molecule has 0 spiro atoms. The number of rotatable bonds is 5. The molecule has 0 aliphatic carbocycles. The lowest BCUT2D eigenvalue weighted by molar-refractivity contribution is 0.310. The van der Waals surface area contributed by atoms with Crippen molar-refractivity contribution in [3.8, 4) is 0 Å². The van der Waals surface area contributed by atoms with Crippen LogP contribution < -0.4 is 0 Å². The van der Waals surface area contributed by atoms with Gasteiger partial charge < -0.3 is 5.21 Å². The predicted molar refractivity (Wildman–Crippen MR) is 57.3 cm³/mol. The second kappa shape index (κ2) is 5.79. The minimum absolute atomic E-state index is 0.234. The first-order chi connectivity index (χ1) is 5.98. The maximum atomic E-state index is 8.30. The molecule has 76 valence electrons. The van der Waals surface area contributed by atoms with Gasteiger partial charge in [-0.25, -0.2) is 0 Å². The van der Waals surface area contributed by atoms with Gasteiger partial charge in [-0.15, -0.1) is 5.16 Å². The molecular formula is C11H21NO. The molecule has 0 amide bonds. The number of oxime groups is 1. The molecular weight excluding hydrogens is 162 g/mol. The number of allylic oxidation sites excluding steroid dienone is 2. The largest absolute Gasteiger partial charge is 0.411 e. The molecule has 0 saturated heterocycles. The van der Waals surface area contributed by atoms with Crippen molar-refractivity contribution >= 4 is 6.21 Å². The maximum Gasteiger partial charge on any atom is 0.0441 e. The summed E-state index contributed by atoms with van der Waals surface area (Å²) < 4.78 is 0. The highest BCUT2D eigenvalue weighted by Gasteiger charge is 2.14. The summed E-state index contributed by atoms with van der Waals surface area (Å²) >= 11 is 0. The summed E-state index contributed by atoms with van der Waals surface area (Å²) in [5.41, 5.74) is 1.60. The Bertz CT molecular complexity index is 188. The van der Waals surface area contributed by atoms with Crippen LogP contribution in [0, 0.1) is 5.41 Å². The Labute approximate surface area is 81.3 Å². The summed E-state index contributed by atoms with van der Waals surface area (Å²) in [5, 5.41) is 11.3. The quantitative estimate of drug-likeness (QED) is 0.300. The molecule has 2 heteroatoms. The van der Waals surface area contributed by atoms with Crippen LogP contribution in [0.2, 0.25) is 0 Å². The lowest BCUT2D eigenvalue weighted by Crippen LogP contribution is -2.11. The van der Waals surface area contributed by atoms with Crippen LogP contribution in [0.1, 0.15) is 47.0 Å². The first kappa shape index (κ1) is 12.2. The van der Waals surface area contributed by atoms with Crippen LogP contribution in [-0.4, -0.2) is 11.4 Å². The van der Waals surface area contributed by atoms with Crippen LogP contribution in [0.15, 0.2) is 16.8 Å². The highest BCUT2D eigenvalue weighted by Crippen LogP contribution is 2.25. The van der Waals surface area contributed by atoms with Gasteiger partial charge in [-0.05, 0) is 38.5 Å². The molecule has 1 N–H and O–H groups in total. The summed E-state index contributed by atoms with van der Waals surface area (Å²) in [6, 6.07) is 0. The molecule has 0 saturated carbocycles. The summed E-state index contributed by atoms with van der Waals surface area (Å²) in [6.45, 7) is 8.60. The Kier molecular flexibility index (Phi) is 5.44. The molecule has 13 heavy (non-hydrogen) atoms. The van der Waals surface area contributed by atoms with Crippen molar-refractivity contribution in [1.29, 1.82) is 0 Å². The van der Waals surface area contributed by atoms with E-state index < -0.39 is 0 Å². The van der Waals surface area contributed by atoms with E-state index in [1.165, 1.54) is 5.57 Å². The van der Waals surface area contributed by atoms with E-state index in [0.29, 0.717) is 0 Å². The van der Waals surface area contributed by atoms with E-state index >= 15 is 0 Å². The highest BCUT2D eigenvalue weighted by atomic mass is 16.4. The second-order valence-electron chi connectivity index (χ2n) is 4.49. The summed E-state index contributed by atoms with van der Waals surface area (Å²) in [4.78, 5) is 0. The van der Waals surface area contributed by atoms with Crippen molar-refractivity contribution in [2.75, 3.05) is 0 Å². The van der Waals surface area contributed by atoms with Gasteiger partial charge in [0.05, 0.1) is 0 Å². The number of hydrogen-bond donors (Lipinski definition) is 1. The third-order valence-electron chi connectivity index (χ3n) is 2.10. The lowest BCUT2D eigenvalue weighted by atomic mass is 9.85. The van der Waals surface area contributed by atoms with Crippen LogP contribution in [0.4, 0.5) is 0 Å². The SMILES string of the molecule is CC(C)=CCCC(C)(C)C/C=N\O. The first-order valence-corrected chi connectivity index (χ1v) is 4.77. The predicted octanol–water partition coefficient (Wildman–Crippen LogP) is 3.61. The Morgan fingerprint density at radius 1 is 1.38 bits per heavy atom. The zero-order chi connectivity index (χ0) is 10.3. The van der Waals surface area contributed by atoms with Gasteiger partial charge in [-0.1, -0.05) is 25.5 Å². The Morgan fingerprint density at radius 3 is 2.46 bits per heavy atom. The molecule has 0 aromatic heterocycles. The Morgan fingerprint density at radius 2 is 2.00 bits per heavy atom. The standard InChI is InChI=1S/C11H21NO/c1-10(2)6-5-7-11(3,4)8-9-12-13/h6,9,13H,5,7-8H2,1-4H3/b12-9-. The molecule has 2 nitrogen and oxygen atoms in total. The van der Waals surface area contributed by atoms with Crippen molar-refractivity contribution < 1.29 is 5.21 Å². The minimum Gasteiger partial charge on any atom is -0.411 e. The fourth-order valence-electron chi connectivity index (χ4n) is 1.14. The van der Waals surface area contributed by atoms with Gasteiger partial charge in [-0.3, -0.25) is 0 Å². The molecule has 0 heterocycles. The van der Waals surface area contributed by atoms with Crippen LogP contribution in [0.5, 0.6) is 0 Å². The minimum atomic E-state index is 0.234. The van der Waals surface area contributed by atoms with Gasteiger partial charge >= 0.3 is 0 Å². The van der Waals surface area contributed by atoms with Gasteiger partial charge in [0.25, 0.3) is 0 Å². The fraction of sp³-hybridized carbons (Fsp3) is 0.727. The van der Waals surface area contributed by atoms with Gasteiger partial charge in [0, 0.05) is 6.21 Å². The molecule has 0 unspecified atom stereocenters. The Hall–Kier alpha value is -0.790. The van der Waals surface area contributed by atoms with E-state index in [-0.39, 0.29) is 5.41 Å². The molecule has 0 aromatic rings. The molecule has 0 aliphatic rings. The van der Waals surface area contributed by atoms with Crippen molar-refractivity contribution in [1.82, 2.24) is 0 Å². The smallest absolute Gasteiger partial charge is 0.0441 e. The average molecular weight is 183 g/mol. The average Bonchev–Trinajstić information content (AvgIpc) is 2.00. The van der Waals surface area contributed by atoms with Gasteiger partial charge in [0.1, 0.15) is 0 Å². The van der Waals surface area contributed by atoms with Crippen molar-refractivity contribution in [2.24, 2.45) is 10.6 Å². The van der Waals surface area contributed by atoms with Crippen LogP contribution in [-0.2, 0) is 0 Å². The van der Waals surface area contributed by atoms with E-state index in [0.717, 1.165) is 19.3 Å². The van der Waals surface area contributed by atoms with Crippen molar-refractivity contribution in [3.63, 3.8) is 0 Å². The molecule has 0 aromatic carbocycles. The van der Waals surface area contributed by atoms with Crippen LogP contribution in [0.3, 0.4) is 0 Å². The molecule has 0 atom stereocenters. The molecule has 0 fully saturated rings. The molecule has 0 bridgehead atoms. The van der Waals surface area contributed by atoms with Gasteiger partial charge in [0.2, 0.25) is 0 Å². The summed E-state index contributed by atoms with van der Waals surface area (Å²) in [5.74, 6) is 0.